The molecule has 0 radical (unpaired) electrons. The summed E-state index contributed by atoms with van der Waals surface area (Å²) in [4.78, 5) is 22.9. The Morgan fingerprint density at radius 1 is 1.08 bits per heavy atom. The second-order valence-corrected chi connectivity index (χ2v) is 7.58. The zero-order valence-electron chi connectivity index (χ0n) is 13.0. The predicted molar refractivity (Wildman–Crippen MR) is 84.7 cm³/mol. The maximum Gasteiger partial charge on any atom is 0.332 e. The first kappa shape index (κ1) is 17.0. The van der Waals surface area contributed by atoms with E-state index in [9.17, 15) is 21.9 Å². The van der Waals surface area contributed by atoms with Gasteiger partial charge in [-0.3, -0.25) is 14.9 Å². The van der Waals surface area contributed by atoms with Gasteiger partial charge in [-0.1, -0.05) is 12.1 Å². The van der Waals surface area contributed by atoms with E-state index in [4.69, 9.17) is 0 Å². The van der Waals surface area contributed by atoms with Crippen molar-refractivity contribution in [1.82, 2.24) is 10.6 Å². The summed E-state index contributed by atoms with van der Waals surface area (Å²) in [6, 6.07) is 4.54. The lowest BCUT2D eigenvalue weighted by atomic mass is 9.86. The van der Waals surface area contributed by atoms with Gasteiger partial charge in [0, 0.05) is 6.42 Å². The van der Waals surface area contributed by atoms with E-state index in [1.54, 1.807) is 12.1 Å². The summed E-state index contributed by atoms with van der Waals surface area (Å²) >= 11 is 0. The van der Waals surface area contributed by atoms with Crippen LogP contribution in [0.5, 0.6) is 0 Å². The summed E-state index contributed by atoms with van der Waals surface area (Å²) < 4.78 is 37.1. The first-order chi connectivity index (χ1) is 11.4. The minimum atomic E-state index is -4.89. The molecule has 2 heterocycles. The molecular weight excluding hydrogens is 335 g/mol. The highest BCUT2D eigenvalue weighted by molar-refractivity contribution is 7.86. The van der Waals surface area contributed by atoms with Crippen LogP contribution in [0.3, 0.4) is 0 Å². The summed E-state index contributed by atoms with van der Waals surface area (Å²) in [6.45, 7) is 1.51. The van der Waals surface area contributed by atoms with Crippen molar-refractivity contribution >= 4 is 22.0 Å². The largest absolute Gasteiger partial charge is 0.332 e. The third-order valence-electron chi connectivity index (χ3n) is 4.72. The molecule has 24 heavy (non-hydrogen) atoms. The van der Waals surface area contributed by atoms with Gasteiger partial charge in [0.25, 0.3) is 0 Å². The Morgan fingerprint density at radius 2 is 1.79 bits per heavy atom. The van der Waals surface area contributed by atoms with Gasteiger partial charge in [0.1, 0.15) is 4.90 Å². The summed E-state index contributed by atoms with van der Waals surface area (Å²) in [5, 5.41) is 5.42. The summed E-state index contributed by atoms with van der Waals surface area (Å²) in [6.07, 6.45) is 1.95. The number of amides is 2. The number of carbonyl (C=O) groups is 2. The van der Waals surface area contributed by atoms with Gasteiger partial charge in [-0.15, -0.1) is 3.89 Å². The Labute approximate surface area is 140 Å². The number of nitrogens with one attached hydrogen (secondary N) is 2. The Bertz CT molecular complexity index is 772. The van der Waals surface area contributed by atoms with Crippen LogP contribution in [0.25, 0.3) is 0 Å². The first-order valence-electron chi connectivity index (χ1n) is 7.99. The molecule has 0 spiro atoms. The predicted octanol–water partition coefficient (Wildman–Crippen LogP) is 1.33. The molecule has 1 unspecified atom stereocenters. The number of carbonyl (C=O) groups excluding carboxylic acids is 2. The van der Waals surface area contributed by atoms with Crippen LogP contribution in [-0.4, -0.2) is 33.3 Å². The quantitative estimate of drug-likeness (QED) is 0.631. The van der Waals surface area contributed by atoms with Crippen molar-refractivity contribution in [2.45, 2.75) is 42.4 Å². The molecule has 6 nitrogen and oxygen atoms in total. The minimum Gasteiger partial charge on any atom is -0.317 e. The molecule has 1 aromatic carbocycles. The Hall–Kier alpha value is -1.80. The van der Waals surface area contributed by atoms with Gasteiger partial charge in [0.15, 0.2) is 0 Å². The fourth-order valence-corrected chi connectivity index (χ4v) is 4.25. The van der Waals surface area contributed by atoms with Crippen LogP contribution in [-0.2, 0) is 19.8 Å². The number of hydrogen-bond acceptors (Lipinski definition) is 5. The van der Waals surface area contributed by atoms with Gasteiger partial charge >= 0.3 is 10.2 Å². The number of benzene rings is 1. The number of imide groups is 1. The average Bonchev–Trinajstić information content (AvgIpc) is 2.54. The van der Waals surface area contributed by atoms with Crippen LogP contribution < -0.4 is 10.6 Å². The molecule has 1 atom stereocenters. The highest BCUT2D eigenvalue weighted by Crippen LogP contribution is 2.35. The molecule has 2 saturated heterocycles. The molecule has 2 amide bonds. The number of rotatable bonds is 3. The lowest BCUT2D eigenvalue weighted by molar-refractivity contribution is -0.134. The van der Waals surface area contributed by atoms with Crippen molar-refractivity contribution in [1.29, 1.82) is 0 Å². The van der Waals surface area contributed by atoms with E-state index in [2.05, 4.69) is 10.6 Å². The maximum atomic E-state index is 13.8. The van der Waals surface area contributed by atoms with E-state index >= 15 is 0 Å². The second-order valence-electron chi connectivity index (χ2n) is 6.26. The molecule has 3 rings (SSSR count). The minimum absolute atomic E-state index is 0.0254. The first-order valence-corrected chi connectivity index (χ1v) is 9.37. The van der Waals surface area contributed by atoms with Crippen LogP contribution in [0.15, 0.2) is 23.1 Å². The fraction of sp³-hybridized carbons (Fsp3) is 0.500. The third kappa shape index (κ3) is 3.49. The smallest absolute Gasteiger partial charge is 0.317 e. The Balaban J connectivity index is 1.98. The molecule has 130 valence electrons. The van der Waals surface area contributed by atoms with Crippen molar-refractivity contribution in [3.8, 4) is 0 Å². The van der Waals surface area contributed by atoms with E-state index in [0.29, 0.717) is 17.5 Å². The number of hydrogen-bond donors (Lipinski definition) is 2. The maximum absolute atomic E-state index is 13.8. The molecule has 0 aromatic heterocycles. The molecule has 0 saturated carbocycles. The Kier molecular flexibility index (Phi) is 4.69. The molecule has 8 heteroatoms. The number of halogens is 1. The molecule has 2 aliphatic rings. The highest BCUT2D eigenvalue weighted by Gasteiger charge is 2.31. The van der Waals surface area contributed by atoms with Crippen LogP contribution >= 0.6 is 0 Å². The normalized spacial score (nSPS) is 23.1. The van der Waals surface area contributed by atoms with Gasteiger partial charge in [0.2, 0.25) is 11.8 Å². The SMILES string of the molecule is O=C1CCC(c2ccc(C3CCNCC3)c(S(=O)(=O)F)c2)C(=O)N1. The van der Waals surface area contributed by atoms with E-state index in [1.165, 1.54) is 6.07 Å². The lowest BCUT2D eigenvalue weighted by Crippen LogP contribution is -2.39. The molecule has 0 aliphatic carbocycles. The van der Waals surface area contributed by atoms with Gasteiger partial charge < -0.3 is 5.32 Å². The standard InChI is InChI=1S/C16H19FN2O4S/c17-24(22,23)14-9-11(13-3-4-15(20)19-16(13)21)1-2-12(14)10-5-7-18-8-6-10/h1-2,9-10,13,18H,3-8H2,(H,19,20,21). The zero-order valence-corrected chi connectivity index (χ0v) is 13.9. The van der Waals surface area contributed by atoms with E-state index in [-0.39, 0.29) is 23.1 Å². The molecule has 2 aliphatic heterocycles. The fourth-order valence-electron chi connectivity index (χ4n) is 3.46. The van der Waals surface area contributed by atoms with E-state index in [0.717, 1.165) is 25.9 Å². The van der Waals surface area contributed by atoms with Crippen molar-refractivity contribution in [3.63, 3.8) is 0 Å². The molecule has 0 bridgehead atoms. The Morgan fingerprint density at radius 3 is 2.42 bits per heavy atom. The summed E-state index contributed by atoms with van der Waals surface area (Å²) in [5.74, 6) is -1.48. The van der Waals surface area contributed by atoms with Crippen molar-refractivity contribution < 1.29 is 21.9 Å². The molecular formula is C16H19FN2O4S. The van der Waals surface area contributed by atoms with E-state index < -0.39 is 22.0 Å². The average molecular weight is 354 g/mol. The lowest BCUT2D eigenvalue weighted by Gasteiger charge is -2.26. The summed E-state index contributed by atoms with van der Waals surface area (Å²) in [5.41, 5.74) is 0.893. The zero-order chi connectivity index (χ0) is 17.3. The van der Waals surface area contributed by atoms with Crippen molar-refractivity contribution in [2.75, 3.05) is 13.1 Å². The highest BCUT2D eigenvalue weighted by atomic mass is 32.3. The second kappa shape index (κ2) is 6.60. The van der Waals surface area contributed by atoms with Crippen LogP contribution in [0.4, 0.5) is 3.89 Å². The van der Waals surface area contributed by atoms with Crippen molar-refractivity contribution in [2.24, 2.45) is 0 Å². The van der Waals surface area contributed by atoms with Gasteiger partial charge in [-0.2, -0.15) is 8.42 Å². The van der Waals surface area contributed by atoms with E-state index in [1.807, 2.05) is 0 Å². The van der Waals surface area contributed by atoms with Gasteiger partial charge in [-0.05, 0) is 55.5 Å². The van der Waals surface area contributed by atoms with Gasteiger partial charge in [0.05, 0.1) is 5.92 Å². The van der Waals surface area contributed by atoms with Gasteiger partial charge in [-0.25, -0.2) is 0 Å². The van der Waals surface area contributed by atoms with Crippen LogP contribution in [0, 0.1) is 0 Å². The topological polar surface area (TPSA) is 92.3 Å². The van der Waals surface area contributed by atoms with Crippen LogP contribution in [0.1, 0.15) is 48.6 Å². The molecule has 2 fully saturated rings. The summed E-state index contributed by atoms with van der Waals surface area (Å²) in [7, 11) is -4.89. The molecule has 2 N–H and O–H groups in total. The van der Waals surface area contributed by atoms with Crippen molar-refractivity contribution in [3.05, 3.63) is 29.3 Å². The number of piperidine rings is 2. The van der Waals surface area contributed by atoms with Crippen LogP contribution in [0.2, 0.25) is 0 Å². The monoisotopic (exact) mass is 354 g/mol. The third-order valence-corrected chi connectivity index (χ3v) is 5.60. The molecule has 1 aromatic rings.